The Morgan fingerprint density at radius 3 is 2.73 bits per heavy atom. The molecule has 0 spiro atoms. The Morgan fingerprint density at radius 1 is 1.36 bits per heavy atom. The fraction of sp³-hybridized carbons (Fsp3) is 0.800. The van der Waals surface area contributed by atoms with Gasteiger partial charge in [-0.1, -0.05) is 31.4 Å². The summed E-state index contributed by atoms with van der Waals surface area (Å²) in [6.45, 7) is 1.11. The standard InChI is InChI=1S/C10H19N/c1-11-9-4-2-3-6-10-7-5-8-10/h2-3,10-11H,4-9H2,1H3. The molecule has 1 heteroatoms. The zero-order valence-corrected chi connectivity index (χ0v) is 7.47. The van der Waals surface area contributed by atoms with E-state index in [0.29, 0.717) is 0 Å². The average molecular weight is 153 g/mol. The van der Waals surface area contributed by atoms with Crippen LogP contribution >= 0.6 is 0 Å². The van der Waals surface area contributed by atoms with Crippen LogP contribution < -0.4 is 5.32 Å². The lowest BCUT2D eigenvalue weighted by atomic mass is 9.83. The van der Waals surface area contributed by atoms with E-state index in [-0.39, 0.29) is 0 Å². The highest BCUT2D eigenvalue weighted by molar-refractivity contribution is 4.86. The molecule has 0 radical (unpaired) electrons. The molecule has 0 saturated heterocycles. The average Bonchev–Trinajstić information content (AvgIpc) is 1.93. The van der Waals surface area contributed by atoms with Crippen LogP contribution in [0.5, 0.6) is 0 Å². The molecule has 1 N–H and O–H groups in total. The highest BCUT2D eigenvalue weighted by Gasteiger charge is 2.14. The quantitative estimate of drug-likeness (QED) is 0.472. The molecule has 0 aromatic rings. The van der Waals surface area contributed by atoms with E-state index < -0.39 is 0 Å². The van der Waals surface area contributed by atoms with Gasteiger partial charge in [-0.2, -0.15) is 0 Å². The molecule has 0 aliphatic heterocycles. The van der Waals surface area contributed by atoms with Gasteiger partial charge in [0.25, 0.3) is 0 Å². The van der Waals surface area contributed by atoms with E-state index in [1.165, 1.54) is 32.1 Å². The molecule has 0 amide bonds. The van der Waals surface area contributed by atoms with Crippen molar-refractivity contribution < 1.29 is 0 Å². The molecule has 1 aliphatic rings. The van der Waals surface area contributed by atoms with Crippen molar-refractivity contribution in [2.45, 2.75) is 32.1 Å². The first-order chi connectivity index (χ1) is 5.43. The third-order valence-corrected chi connectivity index (χ3v) is 2.42. The van der Waals surface area contributed by atoms with Crippen LogP contribution in [0.1, 0.15) is 32.1 Å². The Morgan fingerprint density at radius 2 is 2.18 bits per heavy atom. The van der Waals surface area contributed by atoms with E-state index >= 15 is 0 Å². The van der Waals surface area contributed by atoms with Gasteiger partial charge in [0.2, 0.25) is 0 Å². The Hall–Kier alpha value is -0.300. The zero-order valence-electron chi connectivity index (χ0n) is 7.47. The summed E-state index contributed by atoms with van der Waals surface area (Å²) in [7, 11) is 2.00. The van der Waals surface area contributed by atoms with Gasteiger partial charge >= 0.3 is 0 Å². The largest absolute Gasteiger partial charge is 0.319 e. The van der Waals surface area contributed by atoms with Crippen molar-refractivity contribution in [1.29, 1.82) is 0 Å². The summed E-state index contributed by atoms with van der Waals surface area (Å²) in [4.78, 5) is 0. The van der Waals surface area contributed by atoms with Gasteiger partial charge in [-0.25, -0.2) is 0 Å². The first-order valence-corrected chi connectivity index (χ1v) is 4.73. The summed E-state index contributed by atoms with van der Waals surface area (Å²) in [5, 5.41) is 3.13. The SMILES string of the molecule is CNCCC=CCC1CCC1. The summed E-state index contributed by atoms with van der Waals surface area (Å²) in [5.74, 6) is 1.03. The van der Waals surface area contributed by atoms with Gasteiger partial charge in [0.1, 0.15) is 0 Å². The molecular weight excluding hydrogens is 134 g/mol. The van der Waals surface area contributed by atoms with Crippen molar-refractivity contribution in [3.05, 3.63) is 12.2 Å². The van der Waals surface area contributed by atoms with Gasteiger partial charge in [-0.05, 0) is 32.4 Å². The lowest BCUT2D eigenvalue weighted by Gasteiger charge is -2.23. The van der Waals surface area contributed by atoms with Crippen molar-refractivity contribution in [3.8, 4) is 0 Å². The summed E-state index contributed by atoms with van der Waals surface area (Å²) >= 11 is 0. The second-order valence-corrected chi connectivity index (χ2v) is 3.40. The predicted octanol–water partition coefficient (Wildman–Crippen LogP) is 2.34. The minimum atomic E-state index is 1.03. The van der Waals surface area contributed by atoms with Crippen LogP contribution in [0.25, 0.3) is 0 Å². The van der Waals surface area contributed by atoms with Gasteiger partial charge < -0.3 is 5.32 Å². The van der Waals surface area contributed by atoms with Gasteiger partial charge in [-0.3, -0.25) is 0 Å². The number of nitrogens with one attached hydrogen (secondary N) is 1. The van der Waals surface area contributed by atoms with E-state index in [2.05, 4.69) is 17.5 Å². The van der Waals surface area contributed by atoms with Gasteiger partial charge in [0.15, 0.2) is 0 Å². The van der Waals surface area contributed by atoms with E-state index in [9.17, 15) is 0 Å². The number of allylic oxidation sites excluding steroid dienone is 1. The van der Waals surface area contributed by atoms with Crippen molar-refractivity contribution in [1.82, 2.24) is 5.32 Å². The zero-order chi connectivity index (χ0) is 7.94. The maximum atomic E-state index is 3.13. The highest BCUT2D eigenvalue weighted by Crippen LogP contribution is 2.29. The second kappa shape index (κ2) is 5.36. The number of hydrogen-bond acceptors (Lipinski definition) is 1. The van der Waals surface area contributed by atoms with Crippen LogP contribution in [0, 0.1) is 5.92 Å². The molecule has 0 heterocycles. The molecule has 0 bridgehead atoms. The van der Waals surface area contributed by atoms with Crippen LogP contribution in [0.3, 0.4) is 0 Å². The molecule has 0 aromatic carbocycles. The lowest BCUT2D eigenvalue weighted by Crippen LogP contribution is -2.09. The first-order valence-electron chi connectivity index (χ1n) is 4.73. The minimum Gasteiger partial charge on any atom is -0.319 e. The van der Waals surface area contributed by atoms with Crippen LogP contribution in [0.2, 0.25) is 0 Å². The molecule has 0 atom stereocenters. The number of rotatable bonds is 5. The predicted molar refractivity (Wildman–Crippen MR) is 49.6 cm³/mol. The van der Waals surface area contributed by atoms with Gasteiger partial charge in [-0.15, -0.1) is 0 Å². The fourth-order valence-electron chi connectivity index (χ4n) is 1.36. The molecule has 1 rings (SSSR count). The molecule has 0 unspecified atom stereocenters. The third kappa shape index (κ3) is 3.57. The fourth-order valence-corrected chi connectivity index (χ4v) is 1.36. The maximum Gasteiger partial charge on any atom is -0.00173 e. The third-order valence-electron chi connectivity index (χ3n) is 2.42. The Balaban J connectivity index is 1.88. The Bertz CT molecular complexity index is 114. The summed E-state index contributed by atoms with van der Waals surface area (Å²) < 4.78 is 0. The van der Waals surface area contributed by atoms with E-state index in [1.54, 1.807) is 0 Å². The summed E-state index contributed by atoms with van der Waals surface area (Å²) in [6.07, 6.45) is 11.6. The van der Waals surface area contributed by atoms with Crippen molar-refractivity contribution >= 4 is 0 Å². The Labute approximate surface area is 69.9 Å². The summed E-state index contributed by atoms with van der Waals surface area (Å²) in [5.41, 5.74) is 0. The number of hydrogen-bond donors (Lipinski definition) is 1. The topological polar surface area (TPSA) is 12.0 Å². The molecular formula is C10H19N. The van der Waals surface area contributed by atoms with E-state index in [4.69, 9.17) is 0 Å². The van der Waals surface area contributed by atoms with Crippen LogP contribution in [-0.2, 0) is 0 Å². The van der Waals surface area contributed by atoms with Crippen molar-refractivity contribution in [2.24, 2.45) is 5.92 Å². The lowest BCUT2D eigenvalue weighted by molar-refractivity contribution is 0.319. The van der Waals surface area contributed by atoms with Crippen LogP contribution in [0.4, 0.5) is 0 Å². The summed E-state index contributed by atoms with van der Waals surface area (Å²) in [6, 6.07) is 0. The van der Waals surface area contributed by atoms with Crippen molar-refractivity contribution in [3.63, 3.8) is 0 Å². The maximum absolute atomic E-state index is 3.13. The van der Waals surface area contributed by atoms with E-state index in [1.807, 2.05) is 7.05 Å². The molecule has 11 heavy (non-hydrogen) atoms. The molecule has 1 aliphatic carbocycles. The van der Waals surface area contributed by atoms with Gasteiger partial charge in [0.05, 0.1) is 0 Å². The van der Waals surface area contributed by atoms with Gasteiger partial charge in [0, 0.05) is 0 Å². The molecule has 0 aromatic heterocycles. The Kier molecular flexibility index (Phi) is 4.29. The normalized spacial score (nSPS) is 19.0. The van der Waals surface area contributed by atoms with Crippen LogP contribution in [0.15, 0.2) is 12.2 Å². The molecule has 64 valence electrons. The highest BCUT2D eigenvalue weighted by atomic mass is 14.8. The monoisotopic (exact) mass is 153 g/mol. The first kappa shape index (κ1) is 8.79. The molecule has 1 fully saturated rings. The molecule has 1 nitrogen and oxygen atoms in total. The second-order valence-electron chi connectivity index (χ2n) is 3.40. The van der Waals surface area contributed by atoms with Crippen LogP contribution in [-0.4, -0.2) is 13.6 Å². The van der Waals surface area contributed by atoms with Crippen molar-refractivity contribution in [2.75, 3.05) is 13.6 Å². The van der Waals surface area contributed by atoms with E-state index in [0.717, 1.165) is 12.5 Å². The smallest absolute Gasteiger partial charge is 0.00173 e. The molecule has 1 saturated carbocycles. The minimum absolute atomic E-state index is 1.03.